The highest BCUT2D eigenvalue weighted by atomic mass is 35.5. The Bertz CT molecular complexity index is 624. The lowest BCUT2D eigenvalue weighted by atomic mass is 10.1. The number of carbonyl (C=O) groups is 2. The molecule has 0 spiro atoms. The molecule has 1 aromatic carbocycles. The van der Waals surface area contributed by atoms with Crippen LogP contribution < -0.4 is 15.0 Å². The summed E-state index contributed by atoms with van der Waals surface area (Å²) in [4.78, 5) is 23.9. The summed E-state index contributed by atoms with van der Waals surface area (Å²) in [5.41, 5.74) is 0.0492. The van der Waals surface area contributed by atoms with Gasteiger partial charge in [0.05, 0.1) is 11.7 Å². The number of carbonyl (C=O) groups excluding carboxylic acids is 2. The smallest absolute Gasteiger partial charge is 0.471 e. The molecule has 1 atom stereocenters. The zero-order chi connectivity index (χ0) is 17.2. The van der Waals surface area contributed by atoms with Crippen LogP contribution in [0.25, 0.3) is 0 Å². The first-order valence-electron chi connectivity index (χ1n) is 6.39. The van der Waals surface area contributed by atoms with Crippen LogP contribution in [0.2, 0.25) is 0 Å². The van der Waals surface area contributed by atoms with E-state index in [0.717, 1.165) is 17.0 Å². The lowest BCUT2D eigenvalue weighted by molar-refractivity contribution is -0.173. The van der Waals surface area contributed by atoms with Crippen molar-refractivity contribution in [3.05, 3.63) is 24.0 Å². The van der Waals surface area contributed by atoms with Gasteiger partial charge in [-0.25, -0.2) is 4.39 Å². The van der Waals surface area contributed by atoms with Gasteiger partial charge in [0.25, 0.3) is 0 Å². The molecule has 1 aromatic rings. The van der Waals surface area contributed by atoms with Gasteiger partial charge >= 0.3 is 12.1 Å². The van der Waals surface area contributed by atoms with E-state index in [4.69, 9.17) is 16.3 Å². The number of alkyl halides is 4. The van der Waals surface area contributed by atoms with Gasteiger partial charge in [0.15, 0.2) is 0 Å². The highest BCUT2D eigenvalue weighted by Gasteiger charge is 2.40. The second kappa shape index (κ2) is 6.61. The minimum Gasteiger partial charge on any atom is -0.489 e. The third kappa shape index (κ3) is 3.84. The van der Waals surface area contributed by atoms with Gasteiger partial charge in [-0.1, -0.05) is 0 Å². The summed E-state index contributed by atoms with van der Waals surface area (Å²) in [5, 5.41) is 1.67. The van der Waals surface area contributed by atoms with Crippen LogP contribution in [0.4, 0.5) is 23.2 Å². The Morgan fingerprint density at radius 3 is 2.70 bits per heavy atom. The Kier molecular flexibility index (Phi) is 4.98. The van der Waals surface area contributed by atoms with Crippen molar-refractivity contribution in [2.45, 2.75) is 12.2 Å². The first-order valence-corrected chi connectivity index (χ1v) is 6.93. The fourth-order valence-electron chi connectivity index (χ4n) is 2.12. The van der Waals surface area contributed by atoms with Gasteiger partial charge in [-0.05, 0) is 12.1 Å². The molecule has 1 unspecified atom stereocenters. The summed E-state index contributed by atoms with van der Waals surface area (Å²) in [5.74, 6) is -3.70. The highest BCUT2D eigenvalue weighted by molar-refractivity contribution is 6.29. The van der Waals surface area contributed by atoms with E-state index in [1.165, 1.54) is 6.07 Å². The lowest BCUT2D eigenvalue weighted by Gasteiger charge is -2.36. The van der Waals surface area contributed by atoms with Gasteiger partial charge < -0.3 is 10.1 Å². The van der Waals surface area contributed by atoms with Crippen LogP contribution in [0.3, 0.4) is 0 Å². The number of hydrogen-bond donors (Lipinski definition) is 1. The number of benzene rings is 1. The molecular weight excluding hydrogens is 344 g/mol. The number of anilines is 1. The van der Waals surface area contributed by atoms with Crippen LogP contribution in [0.1, 0.15) is 0 Å². The van der Waals surface area contributed by atoms with Gasteiger partial charge in [0, 0.05) is 12.6 Å². The first kappa shape index (κ1) is 17.3. The molecule has 0 radical (unpaired) electrons. The number of hydrogen-bond acceptors (Lipinski definition) is 3. The molecule has 2 amide bonds. The summed E-state index contributed by atoms with van der Waals surface area (Å²) in [7, 11) is 0. The van der Waals surface area contributed by atoms with E-state index in [1.807, 2.05) is 0 Å². The summed E-state index contributed by atoms with van der Waals surface area (Å²) in [6, 6.07) is 2.48. The lowest BCUT2D eigenvalue weighted by Crippen LogP contribution is -2.54. The Morgan fingerprint density at radius 1 is 1.39 bits per heavy atom. The minimum absolute atomic E-state index is 0.0492. The monoisotopic (exact) mass is 354 g/mol. The number of amides is 2. The first-order chi connectivity index (χ1) is 10.7. The Balaban J connectivity index is 2.23. The molecule has 2 rings (SSSR count). The maximum Gasteiger partial charge on any atom is 0.471 e. The van der Waals surface area contributed by atoms with E-state index in [9.17, 15) is 27.2 Å². The molecule has 0 aromatic heterocycles. The Morgan fingerprint density at radius 2 is 2.09 bits per heavy atom. The molecule has 0 saturated heterocycles. The number of ether oxygens (including phenoxy) is 1. The Hall–Kier alpha value is -2.03. The van der Waals surface area contributed by atoms with Crippen molar-refractivity contribution in [2.24, 2.45) is 0 Å². The third-order valence-corrected chi connectivity index (χ3v) is 3.34. The highest BCUT2D eigenvalue weighted by Crippen LogP contribution is 2.34. The molecule has 1 aliphatic heterocycles. The van der Waals surface area contributed by atoms with Gasteiger partial charge in [-0.2, -0.15) is 13.2 Å². The number of halogens is 5. The molecule has 126 valence electrons. The molecule has 0 aliphatic carbocycles. The molecule has 23 heavy (non-hydrogen) atoms. The van der Waals surface area contributed by atoms with Crippen molar-refractivity contribution in [1.29, 1.82) is 0 Å². The third-order valence-electron chi connectivity index (χ3n) is 3.12. The maximum atomic E-state index is 13.4. The molecule has 0 bridgehead atoms. The van der Waals surface area contributed by atoms with Crippen LogP contribution in [0.5, 0.6) is 5.75 Å². The van der Waals surface area contributed by atoms with Crippen LogP contribution >= 0.6 is 11.6 Å². The normalized spacial score (nSPS) is 17.3. The largest absolute Gasteiger partial charge is 0.489 e. The van der Waals surface area contributed by atoms with Crippen molar-refractivity contribution in [2.75, 3.05) is 23.9 Å². The molecule has 1 N–H and O–H groups in total. The Labute approximate surface area is 133 Å². The average Bonchev–Trinajstić information content (AvgIpc) is 2.50. The predicted molar refractivity (Wildman–Crippen MR) is 73.0 cm³/mol. The number of fused-ring (bicyclic) bond motifs is 1. The zero-order valence-corrected chi connectivity index (χ0v) is 12.2. The van der Waals surface area contributed by atoms with Gasteiger partial charge in [-0.15, -0.1) is 11.6 Å². The molecule has 10 heteroatoms. The van der Waals surface area contributed by atoms with Gasteiger partial charge in [0.2, 0.25) is 5.91 Å². The van der Waals surface area contributed by atoms with E-state index in [-0.39, 0.29) is 18.0 Å². The van der Waals surface area contributed by atoms with Crippen molar-refractivity contribution < 1.29 is 31.9 Å². The molecule has 0 saturated carbocycles. The molecule has 0 fully saturated rings. The fourth-order valence-corrected chi connectivity index (χ4v) is 2.25. The van der Waals surface area contributed by atoms with Crippen molar-refractivity contribution in [3.63, 3.8) is 0 Å². The molecular formula is C13H11ClF4N2O3. The number of nitrogens with zero attached hydrogens (tertiary/aromatic N) is 1. The van der Waals surface area contributed by atoms with Crippen molar-refractivity contribution in [3.8, 4) is 5.75 Å². The predicted octanol–water partition coefficient (Wildman–Crippen LogP) is 1.84. The van der Waals surface area contributed by atoms with Crippen LogP contribution in [0, 0.1) is 5.82 Å². The second-order valence-corrected chi connectivity index (χ2v) is 4.95. The van der Waals surface area contributed by atoms with Crippen LogP contribution in [-0.4, -0.2) is 43.1 Å². The minimum atomic E-state index is -5.04. The second-order valence-electron chi connectivity index (χ2n) is 4.68. The van der Waals surface area contributed by atoms with Crippen LogP contribution in [-0.2, 0) is 9.59 Å². The van der Waals surface area contributed by atoms with Crippen molar-refractivity contribution in [1.82, 2.24) is 5.32 Å². The van der Waals surface area contributed by atoms with E-state index in [1.54, 1.807) is 5.32 Å². The molecule has 1 aliphatic rings. The topological polar surface area (TPSA) is 58.6 Å². The van der Waals surface area contributed by atoms with E-state index in [0.29, 0.717) is 0 Å². The molecule has 1 heterocycles. The van der Waals surface area contributed by atoms with Gasteiger partial charge in [-0.3, -0.25) is 14.5 Å². The quantitative estimate of drug-likeness (QED) is 0.665. The molecule has 5 nitrogen and oxygen atoms in total. The standard InChI is InChI=1S/C13H11ClF4N2O3/c14-4-11(21)20-8(5-19-12(22)13(16,17)18)6-23-10-2-1-7(15)3-9(10)20/h1-3,8H,4-6H2,(H,19,22). The summed E-state index contributed by atoms with van der Waals surface area (Å²) < 4.78 is 55.4. The van der Waals surface area contributed by atoms with E-state index >= 15 is 0 Å². The van der Waals surface area contributed by atoms with E-state index in [2.05, 4.69) is 0 Å². The zero-order valence-electron chi connectivity index (χ0n) is 11.5. The summed E-state index contributed by atoms with van der Waals surface area (Å²) in [6.45, 7) is -0.684. The fraction of sp³-hybridized carbons (Fsp3) is 0.385. The van der Waals surface area contributed by atoms with Crippen LogP contribution in [0.15, 0.2) is 18.2 Å². The van der Waals surface area contributed by atoms with Gasteiger partial charge in [0.1, 0.15) is 24.1 Å². The van der Waals surface area contributed by atoms with Crippen molar-refractivity contribution >= 4 is 29.1 Å². The number of rotatable bonds is 3. The number of nitrogens with one attached hydrogen (secondary N) is 1. The average molecular weight is 355 g/mol. The maximum absolute atomic E-state index is 13.4. The SMILES string of the molecule is O=C(CCl)N1c2cc(F)ccc2OCC1CNC(=O)C(F)(F)F. The summed E-state index contributed by atoms with van der Waals surface area (Å²) >= 11 is 5.50. The van der Waals surface area contributed by atoms with E-state index < -0.39 is 42.3 Å². The summed E-state index contributed by atoms with van der Waals surface area (Å²) in [6.07, 6.45) is -5.04.